The molecule has 0 radical (unpaired) electrons. The normalized spacial score (nSPS) is 11.3. The third kappa shape index (κ3) is 3.94. The lowest BCUT2D eigenvalue weighted by Gasteiger charge is -2.16. The van der Waals surface area contributed by atoms with E-state index in [2.05, 4.69) is 29.2 Å². The van der Waals surface area contributed by atoms with Gasteiger partial charge < -0.3 is 9.73 Å². The Morgan fingerprint density at radius 3 is 3.06 bits per heavy atom. The van der Waals surface area contributed by atoms with Crippen LogP contribution in [-0.4, -0.2) is 30.0 Å². The first-order valence-corrected chi connectivity index (χ1v) is 6.94. The Labute approximate surface area is 112 Å². The van der Waals surface area contributed by atoms with Crippen molar-refractivity contribution in [2.45, 2.75) is 20.0 Å². The molecule has 18 heavy (non-hydrogen) atoms. The van der Waals surface area contributed by atoms with Gasteiger partial charge in [0.15, 0.2) is 0 Å². The lowest BCUT2D eigenvalue weighted by atomic mass is 10.3. The zero-order valence-corrected chi connectivity index (χ0v) is 11.7. The number of aryl methyl sites for hydroxylation is 1. The second-order valence-corrected chi connectivity index (χ2v) is 5.29. The van der Waals surface area contributed by atoms with Gasteiger partial charge in [0, 0.05) is 24.5 Å². The third-order valence-corrected chi connectivity index (χ3v) is 3.73. The molecule has 2 aromatic rings. The summed E-state index contributed by atoms with van der Waals surface area (Å²) in [7, 11) is 2.13. The molecular weight excluding hydrogens is 246 g/mol. The van der Waals surface area contributed by atoms with Crippen LogP contribution in [0.3, 0.4) is 0 Å². The summed E-state index contributed by atoms with van der Waals surface area (Å²) < 4.78 is 5.26. The molecule has 1 N–H and O–H groups in total. The highest BCUT2D eigenvalue weighted by Gasteiger charge is 2.05. The Hall–Kier alpha value is -1.17. The molecule has 98 valence electrons. The number of furan rings is 1. The minimum absolute atomic E-state index is 0.792. The van der Waals surface area contributed by atoms with Gasteiger partial charge in [0.05, 0.1) is 24.0 Å². The lowest BCUT2D eigenvalue weighted by Crippen LogP contribution is -2.28. The Morgan fingerprint density at radius 2 is 2.39 bits per heavy atom. The minimum Gasteiger partial charge on any atom is -0.468 e. The van der Waals surface area contributed by atoms with Crippen molar-refractivity contribution in [1.82, 2.24) is 15.2 Å². The molecule has 0 fully saturated rings. The van der Waals surface area contributed by atoms with Crippen molar-refractivity contribution >= 4 is 11.3 Å². The molecule has 2 aromatic heterocycles. The molecule has 0 saturated carbocycles. The van der Waals surface area contributed by atoms with Gasteiger partial charge in [-0.05, 0) is 26.1 Å². The van der Waals surface area contributed by atoms with E-state index in [1.807, 2.05) is 17.6 Å². The Bertz CT molecular complexity index is 453. The zero-order chi connectivity index (χ0) is 12.8. The van der Waals surface area contributed by atoms with Gasteiger partial charge in [-0.15, -0.1) is 11.3 Å². The molecule has 2 heterocycles. The van der Waals surface area contributed by atoms with E-state index in [1.54, 1.807) is 17.6 Å². The molecule has 5 heteroatoms. The van der Waals surface area contributed by atoms with Crippen LogP contribution in [0.25, 0.3) is 0 Å². The van der Waals surface area contributed by atoms with Crippen molar-refractivity contribution in [3.05, 3.63) is 40.2 Å². The predicted octanol–water partition coefficient (Wildman–Crippen LogP) is 2.27. The molecule has 0 aromatic carbocycles. The van der Waals surface area contributed by atoms with Gasteiger partial charge in [0.2, 0.25) is 0 Å². The average molecular weight is 265 g/mol. The Balaban J connectivity index is 1.63. The topological polar surface area (TPSA) is 41.3 Å². The summed E-state index contributed by atoms with van der Waals surface area (Å²) in [6.45, 7) is 5.79. The van der Waals surface area contributed by atoms with Crippen molar-refractivity contribution in [2.75, 3.05) is 20.1 Å². The number of nitrogens with zero attached hydrogens (tertiary/aromatic N) is 2. The molecule has 0 unspecified atom stereocenters. The summed E-state index contributed by atoms with van der Waals surface area (Å²) in [6, 6.07) is 3.90. The molecule has 0 aliphatic carbocycles. The second kappa shape index (κ2) is 6.68. The fraction of sp³-hybridized carbons (Fsp3) is 0.462. The standard InChI is InChI=1S/C13H19N3OS/c1-11-13(18-10-15-11)9-16(2)6-5-14-8-12-4-3-7-17-12/h3-4,7,10,14H,5-6,8-9H2,1-2H3. The van der Waals surface area contributed by atoms with Crippen LogP contribution in [0, 0.1) is 6.92 Å². The van der Waals surface area contributed by atoms with Gasteiger partial charge >= 0.3 is 0 Å². The van der Waals surface area contributed by atoms with Crippen LogP contribution in [0.2, 0.25) is 0 Å². The molecule has 4 nitrogen and oxygen atoms in total. The molecule has 0 aliphatic rings. The highest BCUT2D eigenvalue weighted by atomic mass is 32.1. The largest absolute Gasteiger partial charge is 0.468 e. The summed E-state index contributed by atoms with van der Waals surface area (Å²) >= 11 is 1.73. The molecule has 0 saturated heterocycles. The molecule has 0 atom stereocenters. The second-order valence-electron chi connectivity index (χ2n) is 4.35. The molecule has 0 bridgehead atoms. The summed E-state index contributed by atoms with van der Waals surface area (Å²) in [5.74, 6) is 0.982. The molecule has 0 amide bonds. The fourth-order valence-electron chi connectivity index (χ4n) is 1.70. The summed E-state index contributed by atoms with van der Waals surface area (Å²) in [5, 5.41) is 3.37. The molecule has 0 aliphatic heterocycles. The summed E-state index contributed by atoms with van der Waals surface area (Å²) in [4.78, 5) is 7.92. The predicted molar refractivity (Wildman–Crippen MR) is 73.6 cm³/mol. The third-order valence-electron chi connectivity index (χ3n) is 2.81. The van der Waals surface area contributed by atoms with Crippen LogP contribution >= 0.6 is 11.3 Å². The van der Waals surface area contributed by atoms with Gasteiger partial charge in [-0.3, -0.25) is 4.90 Å². The molecule has 2 rings (SSSR count). The lowest BCUT2D eigenvalue weighted by molar-refractivity contribution is 0.323. The van der Waals surface area contributed by atoms with E-state index in [4.69, 9.17) is 4.42 Å². The Kier molecular flexibility index (Phi) is 4.92. The number of thiazole rings is 1. The first-order valence-electron chi connectivity index (χ1n) is 6.06. The van der Waals surface area contributed by atoms with E-state index in [-0.39, 0.29) is 0 Å². The first kappa shape index (κ1) is 13.3. The number of likely N-dealkylation sites (N-methyl/N-ethyl adjacent to an activating group) is 1. The van der Waals surface area contributed by atoms with Gasteiger partial charge in [0.1, 0.15) is 5.76 Å². The van der Waals surface area contributed by atoms with Crippen LogP contribution in [0.4, 0.5) is 0 Å². The summed E-state index contributed by atoms with van der Waals surface area (Å²) in [6.07, 6.45) is 1.70. The number of nitrogens with one attached hydrogen (secondary N) is 1. The molecule has 0 spiro atoms. The van der Waals surface area contributed by atoms with Crippen molar-refractivity contribution in [3.8, 4) is 0 Å². The van der Waals surface area contributed by atoms with Crippen LogP contribution in [0.1, 0.15) is 16.3 Å². The number of rotatable bonds is 7. The van der Waals surface area contributed by atoms with Crippen molar-refractivity contribution in [3.63, 3.8) is 0 Å². The Morgan fingerprint density at radius 1 is 1.50 bits per heavy atom. The van der Waals surface area contributed by atoms with Crippen molar-refractivity contribution in [1.29, 1.82) is 0 Å². The summed E-state index contributed by atoms with van der Waals surface area (Å²) in [5.41, 5.74) is 3.06. The zero-order valence-electron chi connectivity index (χ0n) is 10.8. The average Bonchev–Trinajstić information content (AvgIpc) is 2.98. The number of hydrogen-bond acceptors (Lipinski definition) is 5. The highest BCUT2D eigenvalue weighted by Crippen LogP contribution is 2.13. The van der Waals surface area contributed by atoms with Gasteiger partial charge in [-0.1, -0.05) is 0 Å². The molecular formula is C13H19N3OS. The van der Waals surface area contributed by atoms with Crippen LogP contribution in [0.15, 0.2) is 28.3 Å². The van der Waals surface area contributed by atoms with E-state index in [0.29, 0.717) is 0 Å². The van der Waals surface area contributed by atoms with E-state index in [0.717, 1.165) is 37.6 Å². The van der Waals surface area contributed by atoms with Crippen LogP contribution in [-0.2, 0) is 13.1 Å². The van der Waals surface area contributed by atoms with Gasteiger partial charge in [-0.2, -0.15) is 0 Å². The maximum Gasteiger partial charge on any atom is 0.117 e. The maximum atomic E-state index is 5.26. The van der Waals surface area contributed by atoms with E-state index in [1.165, 1.54) is 4.88 Å². The SMILES string of the molecule is Cc1ncsc1CN(C)CCNCc1ccco1. The van der Waals surface area contributed by atoms with Gasteiger partial charge in [-0.25, -0.2) is 4.98 Å². The van der Waals surface area contributed by atoms with E-state index >= 15 is 0 Å². The van der Waals surface area contributed by atoms with E-state index in [9.17, 15) is 0 Å². The highest BCUT2D eigenvalue weighted by molar-refractivity contribution is 7.09. The van der Waals surface area contributed by atoms with E-state index < -0.39 is 0 Å². The van der Waals surface area contributed by atoms with Crippen LogP contribution < -0.4 is 5.32 Å². The number of hydrogen-bond donors (Lipinski definition) is 1. The smallest absolute Gasteiger partial charge is 0.117 e. The van der Waals surface area contributed by atoms with Gasteiger partial charge in [0.25, 0.3) is 0 Å². The first-order chi connectivity index (χ1) is 8.75. The maximum absolute atomic E-state index is 5.26. The monoisotopic (exact) mass is 265 g/mol. The van der Waals surface area contributed by atoms with Crippen LogP contribution in [0.5, 0.6) is 0 Å². The number of aromatic nitrogens is 1. The van der Waals surface area contributed by atoms with Crippen molar-refractivity contribution in [2.24, 2.45) is 0 Å². The minimum atomic E-state index is 0.792. The quantitative estimate of drug-likeness (QED) is 0.780. The van der Waals surface area contributed by atoms with Crippen molar-refractivity contribution < 1.29 is 4.42 Å². The fourth-order valence-corrected chi connectivity index (χ4v) is 2.55.